The maximum atomic E-state index is 14.7. The standard InChI is InChI=1S/C21H21F2N3O5.K/c1-3-14-17(31-25-18(14)12-5-7-13(27)8-6-12)9-21(22,23)20(30)24-16-11-26(4-2)10-15(16)19(28)29;/h5-8,10-11,27H,3-4,9H2,1-2H3,(H,24,30)(H,28,29);/q;+1/p-1. The molecule has 0 fully saturated rings. The van der Waals surface area contributed by atoms with Crippen LogP contribution >= 0.6 is 0 Å². The Morgan fingerprint density at radius 1 is 1.22 bits per heavy atom. The average molecular weight is 472 g/mol. The van der Waals surface area contributed by atoms with E-state index in [1.807, 2.05) is 5.32 Å². The van der Waals surface area contributed by atoms with Gasteiger partial charge in [0, 0.05) is 35.6 Å². The first-order chi connectivity index (χ1) is 14.7. The largest absolute Gasteiger partial charge is 1.00 e. The van der Waals surface area contributed by atoms with Crippen LogP contribution in [-0.2, 0) is 24.2 Å². The van der Waals surface area contributed by atoms with Crippen LogP contribution in [0.3, 0.4) is 0 Å². The first-order valence-electron chi connectivity index (χ1n) is 9.53. The van der Waals surface area contributed by atoms with E-state index in [9.17, 15) is 28.6 Å². The summed E-state index contributed by atoms with van der Waals surface area (Å²) in [6, 6.07) is 6.01. The number of alkyl halides is 2. The number of carbonyl (C=O) groups excluding carboxylic acids is 2. The number of phenols is 1. The summed E-state index contributed by atoms with van der Waals surface area (Å²) in [5.41, 5.74) is 0.648. The Morgan fingerprint density at radius 2 is 1.88 bits per heavy atom. The van der Waals surface area contributed by atoms with Crippen LogP contribution in [0.5, 0.6) is 5.75 Å². The Hall–Kier alpha value is -2.05. The number of aryl methyl sites for hydroxylation is 1. The van der Waals surface area contributed by atoms with E-state index in [4.69, 9.17) is 4.52 Å². The third-order valence-electron chi connectivity index (χ3n) is 4.79. The summed E-state index contributed by atoms with van der Waals surface area (Å²) in [4.78, 5) is 23.5. The predicted octanol–water partition coefficient (Wildman–Crippen LogP) is -0.385. The number of carbonyl (C=O) groups is 2. The predicted molar refractivity (Wildman–Crippen MR) is 105 cm³/mol. The molecular weight excluding hydrogens is 451 g/mol. The number of aromatic nitrogens is 2. The Labute approximate surface area is 225 Å². The summed E-state index contributed by atoms with van der Waals surface area (Å²) in [6.45, 7) is 3.84. The zero-order valence-electron chi connectivity index (χ0n) is 17.8. The Balaban J connectivity index is 0.00000363. The van der Waals surface area contributed by atoms with Gasteiger partial charge in [0.05, 0.1) is 18.1 Å². The van der Waals surface area contributed by atoms with Gasteiger partial charge in [-0.2, -0.15) is 8.78 Å². The molecule has 11 heteroatoms. The van der Waals surface area contributed by atoms with E-state index < -0.39 is 29.8 Å². The molecule has 0 spiro atoms. The third-order valence-corrected chi connectivity index (χ3v) is 4.79. The molecule has 1 aromatic carbocycles. The van der Waals surface area contributed by atoms with Gasteiger partial charge in [-0.1, -0.05) is 12.1 Å². The van der Waals surface area contributed by atoms with Gasteiger partial charge >= 0.3 is 57.3 Å². The van der Waals surface area contributed by atoms with Gasteiger partial charge in [-0.05, 0) is 37.6 Å². The van der Waals surface area contributed by atoms with Crippen LogP contribution < -0.4 is 61.8 Å². The van der Waals surface area contributed by atoms with Crippen LogP contribution in [0.1, 0.15) is 35.5 Å². The molecule has 2 heterocycles. The number of anilines is 1. The van der Waals surface area contributed by atoms with Gasteiger partial charge in [0.15, 0.2) is 0 Å². The maximum Gasteiger partial charge on any atom is 1.00 e. The first-order valence-corrected chi connectivity index (χ1v) is 9.53. The molecule has 0 aliphatic heterocycles. The Bertz CT molecular complexity index is 1110. The molecule has 0 saturated heterocycles. The van der Waals surface area contributed by atoms with Crippen molar-refractivity contribution in [1.29, 1.82) is 0 Å². The summed E-state index contributed by atoms with van der Waals surface area (Å²) < 4.78 is 35.9. The number of carboxylic acid groups (broad SMARTS) is 1. The number of nitrogens with one attached hydrogen (secondary N) is 1. The third kappa shape index (κ3) is 5.65. The molecule has 3 aromatic rings. The number of hydrogen-bond donors (Lipinski definition) is 2. The van der Waals surface area contributed by atoms with E-state index >= 15 is 0 Å². The normalized spacial score (nSPS) is 11.1. The quantitative estimate of drug-likeness (QED) is 0.432. The van der Waals surface area contributed by atoms with Crippen LogP contribution in [0.4, 0.5) is 14.5 Å². The number of carboxylic acids is 1. The molecule has 2 aromatic heterocycles. The number of benzene rings is 1. The zero-order valence-corrected chi connectivity index (χ0v) is 20.9. The fraction of sp³-hybridized carbons (Fsp3) is 0.286. The number of aromatic hydroxyl groups is 1. The summed E-state index contributed by atoms with van der Waals surface area (Å²) in [5, 5.41) is 26.4. The van der Waals surface area contributed by atoms with E-state index in [0.717, 1.165) is 0 Å². The van der Waals surface area contributed by atoms with Crippen LogP contribution in [0, 0.1) is 0 Å². The molecule has 3 rings (SSSR count). The van der Waals surface area contributed by atoms with Gasteiger partial charge in [-0.25, -0.2) is 0 Å². The van der Waals surface area contributed by atoms with E-state index in [1.54, 1.807) is 26.0 Å². The molecule has 0 atom stereocenters. The number of rotatable bonds is 8. The van der Waals surface area contributed by atoms with Gasteiger partial charge in [-0.3, -0.25) is 4.79 Å². The molecule has 0 aliphatic carbocycles. The maximum absolute atomic E-state index is 14.7. The van der Waals surface area contributed by atoms with Crippen LogP contribution in [-0.4, -0.2) is 32.6 Å². The number of nitrogens with zero attached hydrogens (tertiary/aromatic N) is 2. The van der Waals surface area contributed by atoms with Crippen molar-refractivity contribution >= 4 is 17.6 Å². The molecule has 0 bridgehead atoms. The van der Waals surface area contributed by atoms with Crippen LogP contribution in [0.2, 0.25) is 0 Å². The second-order valence-corrected chi connectivity index (χ2v) is 6.87. The molecule has 0 saturated carbocycles. The van der Waals surface area contributed by atoms with Crippen molar-refractivity contribution in [1.82, 2.24) is 9.72 Å². The molecule has 32 heavy (non-hydrogen) atoms. The number of hydrogen-bond acceptors (Lipinski definition) is 6. The number of amides is 1. The second-order valence-electron chi connectivity index (χ2n) is 6.87. The first kappa shape index (κ1) is 26.2. The molecule has 2 N–H and O–H groups in total. The van der Waals surface area contributed by atoms with Gasteiger partial charge < -0.3 is 29.4 Å². The van der Waals surface area contributed by atoms with Gasteiger partial charge in [-0.15, -0.1) is 0 Å². The van der Waals surface area contributed by atoms with Crippen molar-refractivity contribution in [3.8, 4) is 17.0 Å². The molecule has 0 radical (unpaired) electrons. The second kappa shape index (κ2) is 10.7. The SMILES string of the molecule is CCc1c(-c2ccc(O)cc2)noc1CC(F)(F)C(=O)Nc1cn(CC)cc1C(=O)[O-].[K+]. The van der Waals surface area contributed by atoms with Crippen molar-refractivity contribution in [3.05, 3.63) is 53.5 Å². The smallest absolute Gasteiger partial charge is 0.545 e. The van der Waals surface area contributed by atoms with Crippen molar-refractivity contribution in [2.45, 2.75) is 39.2 Å². The molecule has 8 nitrogen and oxygen atoms in total. The van der Waals surface area contributed by atoms with Gasteiger partial charge in [0.2, 0.25) is 0 Å². The Kier molecular flexibility index (Phi) is 8.77. The minimum atomic E-state index is -3.90. The van der Waals surface area contributed by atoms with Gasteiger partial charge in [0.1, 0.15) is 17.2 Å². The van der Waals surface area contributed by atoms with E-state index in [2.05, 4.69) is 5.16 Å². The summed E-state index contributed by atoms with van der Waals surface area (Å²) in [7, 11) is 0. The monoisotopic (exact) mass is 471 g/mol. The van der Waals surface area contributed by atoms with Crippen molar-refractivity contribution < 1.29 is 84.5 Å². The van der Waals surface area contributed by atoms with Crippen LogP contribution in [0.15, 0.2) is 41.2 Å². The molecule has 164 valence electrons. The van der Waals surface area contributed by atoms with Gasteiger partial charge in [0.25, 0.3) is 5.91 Å². The zero-order chi connectivity index (χ0) is 22.8. The molecular formula is C21H20F2KN3O5. The van der Waals surface area contributed by atoms with Crippen molar-refractivity contribution in [2.24, 2.45) is 0 Å². The topological polar surface area (TPSA) is 120 Å². The summed E-state index contributed by atoms with van der Waals surface area (Å²) in [5.74, 6) is -7.27. The van der Waals surface area contributed by atoms with E-state index in [-0.39, 0.29) is 68.6 Å². The number of aromatic carboxylic acids is 1. The van der Waals surface area contributed by atoms with Crippen LogP contribution in [0.25, 0.3) is 11.3 Å². The summed E-state index contributed by atoms with van der Waals surface area (Å²) >= 11 is 0. The average Bonchev–Trinajstić information content (AvgIpc) is 3.32. The molecule has 0 aliphatic rings. The van der Waals surface area contributed by atoms with E-state index in [1.165, 1.54) is 29.1 Å². The van der Waals surface area contributed by atoms with Crippen molar-refractivity contribution in [3.63, 3.8) is 0 Å². The number of phenolic OH excluding ortho intramolecular Hbond substituents is 1. The fourth-order valence-electron chi connectivity index (χ4n) is 3.14. The van der Waals surface area contributed by atoms with Crippen molar-refractivity contribution in [2.75, 3.05) is 5.32 Å². The Morgan fingerprint density at radius 3 is 2.44 bits per heavy atom. The minimum Gasteiger partial charge on any atom is -0.545 e. The van der Waals surface area contributed by atoms with E-state index in [0.29, 0.717) is 29.8 Å². The molecule has 0 unspecified atom stereocenters. The molecule has 1 amide bonds. The summed E-state index contributed by atoms with van der Waals surface area (Å²) in [6.07, 6.45) is 1.70. The number of halogens is 2. The minimum absolute atomic E-state index is 0. The fourth-order valence-corrected chi connectivity index (χ4v) is 3.14.